The lowest BCUT2D eigenvalue weighted by Gasteiger charge is -2.34. The molecule has 0 aromatic heterocycles. The van der Waals surface area contributed by atoms with E-state index in [0.29, 0.717) is 18.7 Å². The summed E-state index contributed by atoms with van der Waals surface area (Å²) in [5.41, 5.74) is 7.82. The molecule has 1 heterocycles. The lowest BCUT2D eigenvalue weighted by atomic mass is 10.1. The number of nitrogens with zero attached hydrogens (tertiary/aromatic N) is 1. The van der Waals surface area contributed by atoms with E-state index in [1.54, 1.807) is 13.0 Å². The normalized spacial score (nSPS) is 21.1. The number of nitrogen functional groups attached to an aromatic ring is 1. The Balaban J connectivity index is 2.49. The average Bonchev–Trinajstić information content (AvgIpc) is 2.42. The number of nitrogens with two attached hydrogens (primary N) is 1. The first-order valence-corrected chi connectivity index (χ1v) is 8.31. The predicted octanol–water partition coefficient (Wildman–Crippen LogP) is 1.42. The molecule has 6 heteroatoms. The van der Waals surface area contributed by atoms with Crippen LogP contribution in [0, 0.1) is 13.8 Å². The van der Waals surface area contributed by atoms with E-state index in [9.17, 15) is 13.5 Å². The molecule has 0 amide bonds. The first-order valence-electron chi connectivity index (χ1n) is 6.87. The number of piperidine rings is 1. The van der Waals surface area contributed by atoms with Gasteiger partial charge in [0.1, 0.15) is 0 Å². The molecule has 2 rings (SSSR count). The van der Waals surface area contributed by atoms with Crippen molar-refractivity contribution in [2.75, 3.05) is 18.9 Å². The fourth-order valence-electron chi connectivity index (χ4n) is 2.72. The third-order valence-corrected chi connectivity index (χ3v) is 6.09. The Morgan fingerprint density at radius 3 is 2.70 bits per heavy atom. The zero-order valence-electron chi connectivity index (χ0n) is 12.0. The molecule has 3 N–H and O–H groups in total. The highest BCUT2D eigenvalue weighted by molar-refractivity contribution is 7.89. The van der Waals surface area contributed by atoms with Crippen molar-refractivity contribution in [3.63, 3.8) is 0 Å². The Morgan fingerprint density at radius 1 is 1.35 bits per heavy atom. The van der Waals surface area contributed by atoms with Crippen LogP contribution in [0.25, 0.3) is 0 Å². The topological polar surface area (TPSA) is 83.6 Å². The van der Waals surface area contributed by atoms with Gasteiger partial charge in [-0.3, -0.25) is 0 Å². The molecule has 1 atom stereocenters. The number of aliphatic hydroxyl groups is 1. The fraction of sp³-hybridized carbons (Fsp3) is 0.571. The SMILES string of the molecule is Cc1cc(N)cc(S(=O)(=O)N2CCCCC2CO)c1C. The second-order valence-corrected chi connectivity index (χ2v) is 7.27. The number of sulfonamides is 1. The number of hydrogen-bond donors (Lipinski definition) is 2. The first-order chi connectivity index (χ1) is 9.37. The molecule has 20 heavy (non-hydrogen) atoms. The molecule has 1 aliphatic rings. The molecule has 0 bridgehead atoms. The monoisotopic (exact) mass is 298 g/mol. The molecule has 1 aromatic carbocycles. The summed E-state index contributed by atoms with van der Waals surface area (Å²) in [6.07, 6.45) is 2.48. The number of benzene rings is 1. The first kappa shape index (κ1) is 15.3. The molecule has 0 aliphatic carbocycles. The smallest absolute Gasteiger partial charge is 0.243 e. The van der Waals surface area contributed by atoms with Crippen molar-refractivity contribution in [3.8, 4) is 0 Å². The van der Waals surface area contributed by atoms with E-state index < -0.39 is 10.0 Å². The van der Waals surface area contributed by atoms with Gasteiger partial charge in [-0.05, 0) is 49.9 Å². The van der Waals surface area contributed by atoms with Crippen LogP contribution < -0.4 is 5.73 Å². The van der Waals surface area contributed by atoms with Crippen LogP contribution in [0.2, 0.25) is 0 Å². The molecule has 112 valence electrons. The van der Waals surface area contributed by atoms with Crippen LogP contribution in [0.4, 0.5) is 5.69 Å². The summed E-state index contributed by atoms with van der Waals surface area (Å²) >= 11 is 0. The van der Waals surface area contributed by atoms with Crippen molar-refractivity contribution in [1.29, 1.82) is 0 Å². The molecule has 1 aromatic rings. The number of hydrogen-bond acceptors (Lipinski definition) is 4. The fourth-order valence-corrected chi connectivity index (χ4v) is 4.74. The van der Waals surface area contributed by atoms with Crippen LogP contribution in [-0.4, -0.2) is 37.0 Å². The van der Waals surface area contributed by atoms with Gasteiger partial charge in [0.15, 0.2) is 0 Å². The summed E-state index contributed by atoms with van der Waals surface area (Å²) in [6, 6.07) is 2.96. The van der Waals surface area contributed by atoms with Gasteiger partial charge in [0.2, 0.25) is 10.0 Å². The summed E-state index contributed by atoms with van der Waals surface area (Å²) in [7, 11) is -3.61. The highest BCUT2D eigenvalue weighted by atomic mass is 32.2. The summed E-state index contributed by atoms with van der Waals surface area (Å²) in [4.78, 5) is 0.260. The van der Waals surface area contributed by atoms with E-state index in [2.05, 4.69) is 0 Å². The molecule has 0 saturated carbocycles. The lowest BCUT2D eigenvalue weighted by molar-refractivity contribution is 0.155. The van der Waals surface area contributed by atoms with E-state index >= 15 is 0 Å². The number of anilines is 1. The van der Waals surface area contributed by atoms with E-state index in [1.165, 1.54) is 10.4 Å². The van der Waals surface area contributed by atoms with Crippen LogP contribution in [0.15, 0.2) is 17.0 Å². The second kappa shape index (κ2) is 5.71. The van der Waals surface area contributed by atoms with Gasteiger partial charge in [0.25, 0.3) is 0 Å². The number of rotatable bonds is 3. The van der Waals surface area contributed by atoms with E-state index in [0.717, 1.165) is 24.0 Å². The van der Waals surface area contributed by atoms with Gasteiger partial charge in [-0.1, -0.05) is 6.42 Å². The van der Waals surface area contributed by atoms with Crippen LogP contribution in [0.3, 0.4) is 0 Å². The molecular formula is C14H22N2O3S. The van der Waals surface area contributed by atoms with Crippen molar-refractivity contribution >= 4 is 15.7 Å². The molecule has 5 nitrogen and oxygen atoms in total. The summed E-state index contributed by atoms with van der Waals surface area (Å²) in [6.45, 7) is 3.96. The van der Waals surface area contributed by atoms with E-state index in [1.807, 2.05) is 6.92 Å². The maximum Gasteiger partial charge on any atom is 0.243 e. The lowest BCUT2D eigenvalue weighted by Crippen LogP contribution is -2.45. The van der Waals surface area contributed by atoms with Crippen molar-refractivity contribution in [2.45, 2.75) is 44.0 Å². The Labute approximate surface area is 120 Å². The van der Waals surface area contributed by atoms with Crippen molar-refractivity contribution in [1.82, 2.24) is 4.31 Å². The molecular weight excluding hydrogens is 276 g/mol. The minimum Gasteiger partial charge on any atom is -0.399 e. The molecule has 1 aliphatic heterocycles. The summed E-state index contributed by atoms with van der Waals surface area (Å²) in [5, 5.41) is 9.42. The van der Waals surface area contributed by atoms with Crippen LogP contribution >= 0.6 is 0 Å². The Hall–Kier alpha value is -1.11. The Bertz CT molecular complexity index is 599. The Morgan fingerprint density at radius 2 is 2.05 bits per heavy atom. The van der Waals surface area contributed by atoms with E-state index in [-0.39, 0.29) is 17.5 Å². The van der Waals surface area contributed by atoms with E-state index in [4.69, 9.17) is 5.73 Å². The van der Waals surface area contributed by atoms with Gasteiger partial charge in [0, 0.05) is 18.3 Å². The minimum absolute atomic E-state index is 0.139. The second-order valence-electron chi connectivity index (χ2n) is 5.41. The van der Waals surface area contributed by atoms with Crippen molar-refractivity contribution in [3.05, 3.63) is 23.3 Å². The number of aryl methyl sites for hydroxylation is 1. The van der Waals surface area contributed by atoms with Crippen LogP contribution in [0.5, 0.6) is 0 Å². The predicted molar refractivity (Wildman–Crippen MR) is 78.9 cm³/mol. The summed E-state index contributed by atoms with van der Waals surface area (Å²) < 4.78 is 27.1. The largest absolute Gasteiger partial charge is 0.399 e. The molecule has 1 unspecified atom stereocenters. The molecule has 0 spiro atoms. The number of aliphatic hydroxyl groups excluding tert-OH is 1. The van der Waals surface area contributed by atoms with Crippen LogP contribution in [0.1, 0.15) is 30.4 Å². The highest BCUT2D eigenvalue weighted by Crippen LogP contribution is 2.29. The molecule has 0 radical (unpaired) electrons. The van der Waals surface area contributed by atoms with Gasteiger partial charge in [-0.2, -0.15) is 4.31 Å². The third-order valence-electron chi connectivity index (χ3n) is 4.01. The minimum atomic E-state index is -3.61. The molecule has 1 fully saturated rings. The van der Waals surface area contributed by atoms with Gasteiger partial charge >= 0.3 is 0 Å². The van der Waals surface area contributed by atoms with Crippen molar-refractivity contribution < 1.29 is 13.5 Å². The van der Waals surface area contributed by atoms with Gasteiger partial charge in [0.05, 0.1) is 11.5 Å². The standard InChI is InChI=1S/C14H22N2O3S/c1-10-7-12(15)8-14(11(10)2)20(18,19)16-6-4-3-5-13(16)9-17/h7-8,13,17H,3-6,9,15H2,1-2H3. The van der Waals surface area contributed by atoms with Crippen molar-refractivity contribution in [2.24, 2.45) is 0 Å². The van der Waals surface area contributed by atoms with Gasteiger partial charge in [-0.25, -0.2) is 8.42 Å². The zero-order valence-corrected chi connectivity index (χ0v) is 12.8. The quantitative estimate of drug-likeness (QED) is 0.827. The maximum absolute atomic E-state index is 12.8. The van der Waals surface area contributed by atoms with Crippen LogP contribution in [-0.2, 0) is 10.0 Å². The third kappa shape index (κ3) is 2.68. The summed E-state index contributed by atoms with van der Waals surface area (Å²) in [5.74, 6) is 0. The van der Waals surface area contributed by atoms with Gasteiger partial charge in [-0.15, -0.1) is 0 Å². The van der Waals surface area contributed by atoms with Gasteiger partial charge < -0.3 is 10.8 Å². The average molecular weight is 298 g/mol. The highest BCUT2D eigenvalue weighted by Gasteiger charge is 2.34. The molecule has 1 saturated heterocycles. The Kier molecular flexibility index (Phi) is 4.36. The maximum atomic E-state index is 12.8. The zero-order chi connectivity index (χ0) is 14.9.